The van der Waals surface area contributed by atoms with E-state index in [1.807, 2.05) is 12.1 Å². The molecule has 0 bridgehead atoms. The highest BCUT2D eigenvalue weighted by Crippen LogP contribution is 2.25. The van der Waals surface area contributed by atoms with Crippen molar-refractivity contribution in [1.82, 2.24) is 4.72 Å². The Balaban J connectivity index is 2.00. The SMILES string of the molecule is CCCc1ccc(C(=O)COC(=O)/C=C/c2ccc(OC)c(S(=O)(=O)NC)c2)cc1. The Hall–Kier alpha value is -2.97. The van der Waals surface area contributed by atoms with Gasteiger partial charge in [-0.1, -0.05) is 43.7 Å². The number of Topliss-reactive ketones (excluding diaryl/α,β-unsaturated/α-hetero) is 1. The van der Waals surface area contributed by atoms with E-state index < -0.39 is 16.0 Å². The van der Waals surface area contributed by atoms with Crippen LogP contribution >= 0.6 is 0 Å². The number of ketones is 1. The highest BCUT2D eigenvalue weighted by molar-refractivity contribution is 7.89. The number of benzene rings is 2. The summed E-state index contributed by atoms with van der Waals surface area (Å²) in [5.74, 6) is -0.828. The lowest BCUT2D eigenvalue weighted by atomic mass is 10.1. The molecule has 7 nitrogen and oxygen atoms in total. The summed E-state index contributed by atoms with van der Waals surface area (Å²) in [6.45, 7) is 1.71. The van der Waals surface area contributed by atoms with Gasteiger partial charge in [0.2, 0.25) is 10.0 Å². The molecule has 8 heteroatoms. The van der Waals surface area contributed by atoms with Gasteiger partial charge in [0.05, 0.1) is 7.11 Å². The second-order valence-electron chi connectivity index (χ2n) is 6.43. The van der Waals surface area contributed by atoms with Gasteiger partial charge in [0, 0.05) is 11.6 Å². The third-order valence-electron chi connectivity index (χ3n) is 4.32. The third-order valence-corrected chi connectivity index (χ3v) is 5.75. The molecule has 0 saturated carbocycles. The number of rotatable bonds is 10. The highest BCUT2D eigenvalue weighted by Gasteiger charge is 2.17. The Morgan fingerprint density at radius 3 is 2.40 bits per heavy atom. The van der Waals surface area contributed by atoms with Crippen molar-refractivity contribution in [3.63, 3.8) is 0 Å². The van der Waals surface area contributed by atoms with Crippen molar-refractivity contribution >= 4 is 27.9 Å². The fraction of sp³-hybridized carbons (Fsp3) is 0.273. The van der Waals surface area contributed by atoms with E-state index in [2.05, 4.69) is 11.6 Å². The molecule has 0 amide bonds. The number of nitrogens with one attached hydrogen (secondary N) is 1. The first-order valence-electron chi connectivity index (χ1n) is 9.39. The fourth-order valence-corrected chi connectivity index (χ4v) is 3.62. The molecule has 0 unspecified atom stereocenters. The number of hydrogen-bond donors (Lipinski definition) is 1. The topological polar surface area (TPSA) is 98.8 Å². The van der Waals surface area contributed by atoms with Crippen molar-refractivity contribution in [3.8, 4) is 5.75 Å². The van der Waals surface area contributed by atoms with Crippen LogP contribution in [-0.2, 0) is 26.0 Å². The van der Waals surface area contributed by atoms with Crippen LogP contribution in [0.25, 0.3) is 6.08 Å². The molecular formula is C22H25NO6S. The molecule has 160 valence electrons. The number of sulfonamides is 1. The third kappa shape index (κ3) is 6.27. The van der Waals surface area contributed by atoms with Gasteiger partial charge in [-0.15, -0.1) is 0 Å². The Kier molecular flexibility index (Phi) is 8.32. The highest BCUT2D eigenvalue weighted by atomic mass is 32.2. The molecule has 2 aromatic rings. The minimum atomic E-state index is -3.73. The van der Waals surface area contributed by atoms with Crippen LogP contribution in [0.15, 0.2) is 53.4 Å². The van der Waals surface area contributed by atoms with Gasteiger partial charge >= 0.3 is 5.97 Å². The second-order valence-corrected chi connectivity index (χ2v) is 8.28. The molecule has 0 aromatic heterocycles. The Bertz CT molecular complexity index is 1030. The molecule has 0 heterocycles. The Labute approximate surface area is 176 Å². The number of esters is 1. The van der Waals surface area contributed by atoms with Gasteiger partial charge in [-0.25, -0.2) is 17.9 Å². The Morgan fingerprint density at radius 2 is 1.80 bits per heavy atom. The number of hydrogen-bond acceptors (Lipinski definition) is 6. The first-order chi connectivity index (χ1) is 14.3. The van der Waals surface area contributed by atoms with E-state index in [-0.39, 0.29) is 23.0 Å². The predicted octanol–water partition coefficient (Wildman–Crippen LogP) is 3.00. The lowest BCUT2D eigenvalue weighted by molar-refractivity contribution is -0.136. The van der Waals surface area contributed by atoms with Gasteiger partial charge in [-0.3, -0.25) is 4.79 Å². The van der Waals surface area contributed by atoms with Crippen molar-refractivity contribution in [3.05, 3.63) is 65.2 Å². The summed E-state index contributed by atoms with van der Waals surface area (Å²) >= 11 is 0. The van der Waals surface area contributed by atoms with E-state index in [4.69, 9.17) is 9.47 Å². The summed E-state index contributed by atoms with van der Waals surface area (Å²) in [4.78, 5) is 24.0. The largest absolute Gasteiger partial charge is 0.495 e. The fourth-order valence-electron chi connectivity index (χ4n) is 2.70. The smallest absolute Gasteiger partial charge is 0.331 e. The minimum absolute atomic E-state index is 0.0512. The van der Waals surface area contributed by atoms with Gasteiger partial charge in [-0.05, 0) is 42.8 Å². The van der Waals surface area contributed by atoms with Gasteiger partial charge in [0.25, 0.3) is 0 Å². The zero-order valence-corrected chi connectivity index (χ0v) is 18.0. The minimum Gasteiger partial charge on any atom is -0.495 e. The molecule has 0 aliphatic carbocycles. The van der Waals surface area contributed by atoms with Crippen molar-refractivity contribution in [2.75, 3.05) is 20.8 Å². The standard InChI is InChI=1S/C22H25NO6S/c1-4-5-16-6-10-18(11-7-16)19(24)15-29-22(25)13-9-17-8-12-20(28-3)21(14-17)30(26,27)23-2/h6-14,23H,4-5,15H2,1-3H3/b13-9+. The van der Waals surface area contributed by atoms with Gasteiger partial charge in [-0.2, -0.15) is 0 Å². The van der Waals surface area contributed by atoms with Crippen LogP contribution in [0.2, 0.25) is 0 Å². The Morgan fingerprint density at radius 1 is 1.10 bits per heavy atom. The van der Waals surface area contributed by atoms with E-state index >= 15 is 0 Å². The molecule has 0 spiro atoms. The molecular weight excluding hydrogens is 406 g/mol. The normalized spacial score (nSPS) is 11.4. The monoisotopic (exact) mass is 431 g/mol. The van der Waals surface area contributed by atoms with E-state index in [0.717, 1.165) is 24.5 Å². The predicted molar refractivity (Wildman–Crippen MR) is 114 cm³/mol. The quantitative estimate of drug-likeness (QED) is 0.353. The lowest BCUT2D eigenvalue weighted by Gasteiger charge is -2.09. The summed E-state index contributed by atoms with van der Waals surface area (Å²) in [5, 5.41) is 0. The van der Waals surface area contributed by atoms with E-state index in [1.165, 1.54) is 32.4 Å². The van der Waals surface area contributed by atoms with E-state index in [0.29, 0.717) is 11.1 Å². The van der Waals surface area contributed by atoms with Crippen LogP contribution in [-0.4, -0.2) is 40.9 Å². The molecule has 30 heavy (non-hydrogen) atoms. The maximum Gasteiger partial charge on any atom is 0.331 e. The summed E-state index contributed by atoms with van der Waals surface area (Å²) in [7, 11) is -1.07. The van der Waals surface area contributed by atoms with Crippen LogP contribution in [0.1, 0.15) is 34.8 Å². The maximum absolute atomic E-state index is 12.2. The van der Waals surface area contributed by atoms with Crippen molar-refractivity contribution in [2.45, 2.75) is 24.7 Å². The summed E-state index contributed by atoms with van der Waals surface area (Å²) in [6, 6.07) is 11.7. The lowest BCUT2D eigenvalue weighted by Crippen LogP contribution is -2.19. The van der Waals surface area contributed by atoms with Crippen LogP contribution in [0.3, 0.4) is 0 Å². The zero-order valence-electron chi connectivity index (χ0n) is 17.2. The molecule has 1 N–H and O–H groups in total. The maximum atomic E-state index is 12.2. The number of methoxy groups -OCH3 is 1. The van der Waals surface area contributed by atoms with Crippen LogP contribution in [0, 0.1) is 0 Å². The number of carbonyl (C=O) groups is 2. The molecule has 0 aliphatic rings. The molecule has 0 atom stereocenters. The van der Waals surface area contributed by atoms with Crippen molar-refractivity contribution in [2.24, 2.45) is 0 Å². The van der Waals surface area contributed by atoms with Crippen LogP contribution in [0.5, 0.6) is 5.75 Å². The van der Waals surface area contributed by atoms with Gasteiger partial charge < -0.3 is 9.47 Å². The van der Waals surface area contributed by atoms with Crippen LogP contribution < -0.4 is 9.46 Å². The molecule has 0 saturated heterocycles. The molecule has 0 aliphatic heterocycles. The second kappa shape index (κ2) is 10.7. The molecule has 2 rings (SSSR count). The molecule has 2 aromatic carbocycles. The van der Waals surface area contributed by atoms with E-state index in [9.17, 15) is 18.0 Å². The number of aryl methyl sites for hydroxylation is 1. The average Bonchev–Trinajstić information content (AvgIpc) is 2.76. The number of ether oxygens (including phenoxy) is 2. The van der Waals surface area contributed by atoms with Gasteiger partial charge in [0.1, 0.15) is 10.6 Å². The summed E-state index contributed by atoms with van der Waals surface area (Å²) in [5.41, 5.74) is 2.08. The molecule has 0 radical (unpaired) electrons. The number of carbonyl (C=O) groups excluding carboxylic acids is 2. The zero-order chi connectivity index (χ0) is 22.1. The van der Waals surface area contributed by atoms with Crippen molar-refractivity contribution < 1.29 is 27.5 Å². The average molecular weight is 432 g/mol. The molecule has 0 fully saturated rings. The van der Waals surface area contributed by atoms with Gasteiger partial charge in [0.15, 0.2) is 12.4 Å². The van der Waals surface area contributed by atoms with Crippen LogP contribution in [0.4, 0.5) is 0 Å². The van der Waals surface area contributed by atoms with Crippen molar-refractivity contribution in [1.29, 1.82) is 0 Å². The first kappa shape index (κ1) is 23.3. The van der Waals surface area contributed by atoms with E-state index in [1.54, 1.807) is 18.2 Å². The summed E-state index contributed by atoms with van der Waals surface area (Å²) < 4.78 is 36.5. The first-order valence-corrected chi connectivity index (χ1v) is 10.9. The summed E-state index contributed by atoms with van der Waals surface area (Å²) in [6.07, 6.45) is 4.50.